The second-order valence-electron chi connectivity index (χ2n) is 7.04. The molecular weight excluding hydrogens is 356 g/mol. The van der Waals surface area contributed by atoms with Gasteiger partial charge in [-0.15, -0.1) is 0 Å². The number of carbonyl (C=O) groups is 1. The number of aromatic nitrogens is 1. The predicted octanol–water partition coefficient (Wildman–Crippen LogP) is 3.70. The highest BCUT2D eigenvalue weighted by molar-refractivity contribution is 5.93. The lowest BCUT2D eigenvalue weighted by molar-refractivity contribution is -0.142. The van der Waals surface area contributed by atoms with Crippen molar-refractivity contribution in [3.8, 4) is 11.1 Å². The average Bonchev–Trinajstić information content (AvgIpc) is 2.72. The molecule has 1 aliphatic heterocycles. The van der Waals surface area contributed by atoms with E-state index in [1.54, 1.807) is 0 Å². The van der Waals surface area contributed by atoms with Crippen LogP contribution in [0.3, 0.4) is 0 Å². The predicted molar refractivity (Wildman–Crippen MR) is 107 cm³/mol. The first kappa shape index (κ1) is 18.2. The normalized spacial score (nSPS) is 16.9. The molecule has 0 spiro atoms. The number of benzene rings is 1. The first-order valence-electron chi connectivity index (χ1n) is 9.44. The van der Waals surface area contributed by atoms with Crippen LogP contribution in [0, 0.1) is 6.92 Å². The Morgan fingerprint density at radius 3 is 2.79 bits per heavy atom. The zero-order valence-electron chi connectivity index (χ0n) is 16.0. The van der Waals surface area contributed by atoms with Gasteiger partial charge in [-0.3, -0.25) is 0 Å². The van der Waals surface area contributed by atoms with E-state index < -0.39 is 5.63 Å². The molecular formula is C22H22N2O4. The molecule has 1 aromatic carbocycles. The van der Waals surface area contributed by atoms with Crippen LogP contribution in [0.4, 0.5) is 5.82 Å². The summed E-state index contributed by atoms with van der Waals surface area (Å²) >= 11 is 0. The van der Waals surface area contributed by atoms with E-state index in [0.29, 0.717) is 12.4 Å². The molecule has 1 atom stereocenters. The fourth-order valence-electron chi connectivity index (χ4n) is 3.88. The Morgan fingerprint density at radius 2 is 2.00 bits per heavy atom. The van der Waals surface area contributed by atoms with Crippen LogP contribution in [-0.4, -0.2) is 30.6 Å². The highest BCUT2D eigenvalue weighted by Crippen LogP contribution is 2.31. The van der Waals surface area contributed by atoms with E-state index in [9.17, 15) is 9.59 Å². The summed E-state index contributed by atoms with van der Waals surface area (Å²) in [6.45, 7) is 2.71. The summed E-state index contributed by atoms with van der Waals surface area (Å²) in [5.74, 6) is 0.351. The topological polar surface area (TPSA) is 72.6 Å². The van der Waals surface area contributed by atoms with Crippen LogP contribution in [0.5, 0.6) is 0 Å². The molecule has 1 fully saturated rings. The smallest absolute Gasteiger partial charge is 0.338 e. The number of nitrogens with zero attached hydrogens (tertiary/aromatic N) is 2. The minimum absolute atomic E-state index is 0.267. The van der Waals surface area contributed by atoms with Gasteiger partial charge in [0, 0.05) is 23.6 Å². The van der Waals surface area contributed by atoms with Gasteiger partial charge < -0.3 is 14.1 Å². The molecule has 3 heterocycles. The molecule has 2 aromatic heterocycles. The summed E-state index contributed by atoms with van der Waals surface area (Å²) < 4.78 is 10.4. The molecule has 28 heavy (non-hydrogen) atoms. The Kier molecular flexibility index (Phi) is 4.86. The number of hydrogen-bond acceptors (Lipinski definition) is 6. The van der Waals surface area contributed by atoms with Gasteiger partial charge >= 0.3 is 11.6 Å². The molecule has 0 N–H and O–H groups in total. The van der Waals surface area contributed by atoms with Crippen LogP contribution in [0.2, 0.25) is 0 Å². The first-order chi connectivity index (χ1) is 13.6. The van der Waals surface area contributed by atoms with Crippen molar-refractivity contribution in [1.29, 1.82) is 0 Å². The van der Waals surface area contributed by atoms with E-state index in [1.165, 1.54) is 13.2 Å². The largest absolute Gasteiger partial charge is 0.467 e. The summed E-state index contributed by atoms with van der Waals surface area (Å²) in [4.78, 5) is 30.9. The van der Waals surface area contributed by atoms with Gasteiger partial charge in [-0.05, 0) is 49.4 Å². The minimum atomic E-state index is -0.446. The Morgan fingerprint density at radius 1 is 1.18 bits per heavy atom. The van der Waals surface area contributed by atoms with E-state index in [1.807, 2.05) is 48.2 Å². The van der Waals surface area contributed by atoms with E-state index in [4.69, 9.17) is 9.15 Å². The summed E-state index contributed by atoms with van der Waals surface area (Å²) in [5, 5.41) is 0.768. The third-order valence-electron chi connectivity index (χ3n) is 5.30. The second-order valence-corrected chi connectivity index (χ2v) is 7.04. The van der Waals surface area contributed by atoms with E-state index in [2.05, 4.69) is 4.98 Å². The van der Waals surface area contributed by atoms with Crippen LogP contribution in [0.15, 0.2) is 51.7 Å². The number of fused-ring (bicyclic) bond motifs is 1. The summed E-state index contributed by atoms with van der Waals surface area (Å²) in [6.07, 6.45) is 2.66. The van der Waals surface area contributed by atoms with Crippen LogP contribution in [0.1, 0.15) is 24.8 Å². The summed E-state index contributed by atoms with van der Waals surface area (Å²) in [7, 11) is 1.40. The monoisotopic (exact) mass is 378 g/mol. The van der Waals surface area contributed by atoms with Crippen LogP contribution in [-0.2, 0) is 9.53 Å². The maximum absolute atomic E-state index is 12.2. The van der Waals surface area contributed by atoms with Gasteiger partial charge in [0.2, 0.25) is 5.71 Å². The summed E-state index contributed by atoms with van der Waals surface area (Å²) in [6, 6.07) is 12.8. The van der Waals surface area contributed by atoms with Crippen LogP contribution < -0.4 is 10.5 Å². The van der Waals surface area contributed by atoms with Crippen molar-refractivity contribution >= 4 is 22.9 Å². The number of rotatable bonds is 3. The standard InChI is InChI=1S/C22H22N2O4/c1-14-7-3-4-8-15(14)17-13-20(25)28-21-16(17)10-11-19(23-21)24-12-6-5-9-18(24)22(26)27-2/h3-4,7-8,10-11,13,18H,5-6,9,12H2,1-2H3. The lowest BCUT2D eigenvalue weighted by Gasteiger charge is -2.34. The molecule has 0 bridgehead atoms. The van der Waals surface area contributed by atoms with Gasteiger partial charge in [0.15, 0.2) is 0 Å². The molecule has 0 radical (unpaired) electrons. The van der Waals surface area contributed by atoms with E-state index in [0.717, 1.165) is 41.3 Å². The van der Waals surface area contributed by atoms with Gasteiger partial charge in [-0.2, -0.15) is 4.98 Å². The SMILES string of the molecule is COC(=O)C1CCCCN1c1ccc2c(-c3ccccc3C)cc(=O)oc2n1. The number of methoxy groups -OCH3 is 1. The molecule has 4 rings (SSSR count). The zero-order valence-corrected chi connectivity index (χ0v) is 16.0. The highest BCUT2D eigenvalue weighted by Gasteiger charge is 2.30. The molecule has 0 saturated carbocycles. The molecule has 1 aliphatic rings. The average molecular weight is 378 g/mol. The third kappa shape index (κ3) is 3.26. The van der Waals surface area contributed by atoms with E-state index >= 15 is 0 Å². The third-order valence-corrected chi connectivity index (χ3v) is 5.30. The quantitative estimate of drug-likeness (QED) is 0.647. The zero-order chi connectivity index (χ0) is 19.7. The van der Waals surface area contributed by atoms with Crippen molar-refractivity contribution in [2.75, 3.05) is 18.6 Å². The molecule has 3 aromatic rings. The Labute approximate surface area is 162 Å². The fraction of sp³-hybridized carbons (Fsp3) is 0.318. The Balaban J connectivity index is 1.83. The van der Waals surface area contributed by atoms with E-state index in [-0.39, 0.29) is 17.7 Å². The molecule has 1 unspecified atom stereocenters. The number of piperidine rings is 1. The number of ether oxygens (including phenoxy) is 1. The van der Waals surface area contributed by atoms with Crippen LogP contribution in [0.25, 0.3) is 22.2 Å². The number of pyridine rings is 1. The van der Waals surface area contributed by atoms with Crippen molar-refractivity contribution in [3.63, 3.8) is 0 Å². The lowest BCUT2D eigenvalue weighted by atomic mass is 9.98. The lowest BCUT2D eigenvalue weighted by Crippen LogP contribution is -2.45. The summed E-state index contributed by atoms with van der Waals surface area (Å²) in [5.41, 5.74) is 2.67. The van der Waals surface area contributed by atoms with Crippen molar-refractivity contribution in [2.24, 2.45) is 0 Å². The van der Waals surface area contributed by atoms with Crippen molar-refractivity contribution < 1.29 is 13.9 Å². The molecule has 6 nitrogen and oxygen atoms in total. The maximum Gasteiger partial charge on any atom is 0.338 e. The number of esters is 1. The van der Waals surface area contributed by atoms with Crippen molar-refractivity contribution in [3.05, 3.63) is 58.4 Å². The van der Waals surface area contributed by atoms with Crippen molar-refractivity contribution in [1.82, 2.24) is 4.98 Å². The number of carbonyl (C=O) groups excluding carboxylic acids is 1. The maximum atomic E-state index is 12.2. The number of anilines is 1. The van der Waals surface area contributed by atoms with Gasteiger partial charge in [-0.1, -0.05) is 24.3 Å². The Hall–Kier alpha value is -3.15. The van der Waals surface area contributed by atoms with Crippen molar-refractivity contribution in [2.45, 2.75) is 32.2 Å². The van der Waals surface area contributed by atoms with Gasteiger partial charge in [-0.25, -0.2) is 9.59 Å². The molecule has 0 aliphatic carbocycles. The second kappa shape index (κ2) is 7.46. The first-order valence-corrected chi connectivity index (χ1v) is 9.44. The molecule has 144 valence electrons. The van der Waals surface area contributed by atoms with Gasteiger partial charge in [0.25, 0.3) is 0 Å². The molecule has 6 heteroatoms. The number of aryl methyl sites for hydroxylation is 1. The number of hydrogen-bond donors (Lipinski definition) is 0. The highest BCUT2D eigenvalue weighted by atomic mass is 16.5. The fourth-order valence-corrected chi connectivity index (χ4v) is 3.88. The van der Waals surface area contributed by atoms with Crippen LogP contribution >= 0.6 is 0 Å². The Bertz CT molecular complexity index is 1090. The van der Waals surface area contributed by atoms with Gasteiger partial charge in [0.05, 0.1) is 7.11 Å². The molecule has 1 saturated heterocycles. The molecule has 0 amide bonds. The minimum Gasteiger partial charge on any atom is -0.467 e. The van der Waals surface area contributed by atoms with Gasteiger partial charge in [0.1, 0.15) is 11.9 Å².